The van der Waals surface area contributed by atoms with E-state index in [0.717, 1.165) is 31.4 Å². The number of halogens is 3. The molecule has 1 aromatic rings. The molecule has 7 heteroatoms. The number of carbonyl (C=O) groups excluding carboxylic acids is 1. The average molecular weight is 302 g/mol. The van der Waals surface area contributed by atoms with E-state index in [-0.39, 0.29) is 23.5 Å². The first kappa shape index (κ1) is 15.6. The van der Waals surface area contributed by atoms with Crippen molar-refractivity contribution in [3.05, 3.63) is 29.3 Å². The van der Waals surface area contributed by atoms with Crippen LogP contribution in [0.5, 0.6) is 5.75 Å². The summed E-state index contributed by atoms with van der Waals surface area (Å²) in [7, 11) is 0. The highest BCUT2D eigenvalue weighted by Crippen LogP contribution is 2.33. The molecule has 116 valence electrons. The number of amides is 1. The smallest absolute Gasteiger partial charge is 0.416 e. The molecule has 1 aromatic carbocycles. The molecular formula is C14H17F3N2O2. The molecule has 2 unspecified atom stereocenters. The second kappa shape index (κ2) is 5.93. The third kappa shape index (κ3) is 3.66. The quantitative estimate of drug-likeness (QED) is 0.900. The Hall–Kier alpha value is -1.76. The zero-order valence-electron chi connectivity index (χ0n) is 11.3. The van der Waals surface area contributed by atoms with Crippen LogP contribution in [-0.4, -0.2) is 18.1 Å². The number of primary amides is 1. The molecule has 1 fully saturated rings. The zero-order chi connectivity index (χ0) is 15.6. The zero-order valence-corrected chi connectivity index (χ0v) is 11.3. The molecule has 2 atom stereocenters. The van der Waals surface area contributed by atoms with Crippen LogP contribution in [0.4, 0.5) is 13.2 Å². The average Bonchev–Trinajstić information content (AvgIpc) is 2.40. The van der Waals surface area contributed by atoms with Crippen LogP contribution in [0.2, 0.25) is 0 Å². The summed E-state index contributed by atoms with van der Waals surface area (Å²) >= 11 is 0. The molecule has 1 saturated carbocycles. The van der Waals surface area contributed by atoms with Gasteiger partial charge in [0, 0.05) is 6.04 Å². The van der Waals surface area contributed by atoms with Crippen molar-refractivity contribution in [3.63, 3.8) is 0 Å². The van der Waals surface area contributed by atoms with Crippen molar-refractivity contribution in [2.45, 2.75) is 44.0 Å². The van der Waals surface area contributed by atoms with Gasteiger partial charge in [-0.1, -0.05) is 6.42 Å². The van der Waals surface area contributed by atoms with Crippen LogP contribution in [0.1, 0.15) is 41.6 Å². The van der Waals surface area contributed by atoms with Gasteiger partial charge in [-0.15, -0.1) is 0 Å². The summed E-state index contributed by atoms with van der Waals surface area (Å²) < 4.78 is 43.6. The molecule has 1 aliphatic carbocycles. The molecule has 0 aliphatic heterocycles. The van der Waals surface area contributed by atoms with Gasteiger partial charge in [-0.25, -0.2) is 0 Å². The third-order valence-corrected chi connectivity index (χ3v) is 3.60. The summed E-state index contributed by atoms with van der Waals surface area (Å²) in [6.45, 7) is 0. The first-order valence-corrected chi connectivity index (χ1v) is 6.72. The highest BCUT2D eigenvalue weighted by molar-refractivity contribution is 5.95. The van der Waals surface area contributed by atoms with Crippen LogP contribution < -0.4 is 16.2 Å². The maximum Gasteiger partial charge on any atom is 0.416 e. The van der Waals surface area contributed by atoms with Crippen molar-refractivity contribution in [1.29, 1.82) is 0 Å². The minimum atomic E-state index is -4.54. The Bertz CT molecular complexity index is 531. The van der Waals surface area contributed by atoms with E-state index in [2.05, 4.69) is 0 Å². The number of hydrogen-bond acceptors (Lipinski definition) is 3. The highest BCUT2D eigenvalue weighted by atomic mass is 19.4. The van der Waals surface area contributed by atoms with Crippen LogP contribution in [0.15, 0.2) is 18.2 Å². The number of alkyl halides is 3. The Morgan fingerprint density at radius 2 is 1.90 bits per heavy atom. The maximum absolute atomic E-state index is 12.7. The lowest BCUT2D eigenvalue weighted by Crippen LogP contribution is -2.41. The lowest BCUT2D eigenvalue weighted by Gasteiger charge is -2.29. The number of rotatable bonds is 3. The van der Waals surface area contributed by atoms with Crippen molar-refractivity contribution in [2.24, 2.45) is 11.5 Å². The molecule has 0 heterocycles. The SMILES string of the molecule is NC(=O)c1cc(C(F)(F)F)ccc1OC1CCCCC1N. The summed E-state index contributed by atoms with van der Waals surface area (Å²) in [6, 6.07) is 2.52. The van der Waals surface area contributed by atoms with Crippen molar-refractivity contribution in [2.75, 3.05) is 0 Å². The van der Waals surface area contributed by atoms with Crippen molar-refractivity contribution in [3.8, 4) is 5.75 Å². The molecule has 2 rings (SSSR count). The molecule has 0 spiro atoms. The highest BCUT2D eigenvalue weighted by Gasteiger charge is 2.32. The lowest BCUT2D eigenvalue weighted by atomic mass is 9.93. The van der Waals surface area contributed by atoms with E-state index in [1.165, 1.54) is 0 Å². The van der Waals surface area contributed by atoms with Crippen molar-refractivity contribution in [1.82, 2.24) is 0 Å². The predicted octanol–water partition coefficient (Wildman–Crippen LogP) is 2.45. The summed E-state index contributed by atoms with van der Waals surface area (Å²) in [5.74, 6) is -0.904. The monoisotopic (exact) mass is 302 g/mol. The van der Waals surface area contributed by atoms with Gasteiger partial charge in [0.05, 0.1) is 11.1 Å². The number of carbonyl (C=O) groups is 1. The van der Waals surface area contributed by atoms with Gasteiger partial charge >= 0.3 is 6.18 Å². The van der Waals surface area contributed by atoms with Gasteiger partial charge in [-0.05, 0) is 37.5 Å². The summed E-state index contributed by atoms with van der Waals surface area (Å²) in [4.78, 5) is 11.4. The van der Waals surface area contributed by atoms with Gasteiger partial charge in [0.1, 0.15) is 11.9 Å². The van der Waals surface area contributed by atoms with Crippen molar-refractivity contribution >= 4 is 5.91 Å². The Labute approximate surface area is 120 Å². The molecule has 0 saturated heterocycles. The second-order valence-corrected chi connectivity index (χ2v) is 5.18. The fraction of sp³-hybridized carbons (Fsp3) is 0.500. The predicted molar refractivity (Wildman–Crippen MR) is 70.8 cm³/mol. The van der Waals surface area contributed by atoms with Crippen LogP contribution in [0, 0.1) is 0 Å². The van der Waals surface area contributed by atoms with Gasteiger partial charge in [0.15, 0.2) is 0 Å². The van der Waals surface area contributed by atoms with Gasteiger partial charge in [-0.3, -0.25) is 4.79 Å². The maximum atomic E-state index is 12.7. The van der Waals surface area contributed by atoms with Crippen LogP contribution in [-0.2, 0) is 6.18 Å². The minimum absolute atomic E-state index is 0.0536. The van der Waals surface area contributed by atoms with E-state index in [0.29, 0.717) is 12.5 Å². The van der Waals surface area contributed by atoms with Gasteiger partial charge in [-0.2, -0.15) is 13.2 Å². The first-order chi connectivity index (χ1) is 9.79. The van der Waals surface area contributed by atoms with E-state index >= 15 is 0 Å². The van der Waals surface area contributed by atoms with Crippen molar-refractivity contribution < 1.29 is 22.7 Å². The normalized spacial score (nSPS) is 22.9. The fourth-order valence-corrected chi connectivity index (χ4v) is 2.44. The van der Waals surface area contributed by atoms with E-state index < -0.39 is 17.6 Å². The minimum Gasteiger partial charge on any atom is -0.488 e. The topological polar surface area (TPSA) is 78.3 Å². The fourth-order valence-electron chi connectivity index (χ4n) is 2.44. The van der Waals surface area contributed by atoms with E-state index in [9.17, 15) is 18.0 Å². The van der Waals surface area contributed by atoms with Crippen LogP contribution in [0.25, 0.3) is 0 Å². The molecule has 0 aromatic heterocycles. The lowest BCUT2D eigenvalue weighted by molar-refractivity contribution is -0.137. The first-order valence-electron chi connectivity index (χ1n) is 6.72. The van der Waals surface area contributed by atoms with Gasteiger partial charge in [0.2, 0.25) is 0 Å². The molecule has 21 heavy (non-hydrogen) atoms. The molecule has 1 amide bonds. The van der Waals surface area contributed by atoms with E-state index in [1.807, 2.05) is 0 Å². The van der Waals surface area contributed by atoms with Crippen LogP contribution in [0.3, 0.4) is 0 Å². The number of hydrogen-bond donors (Lipinski definition) is 2. The molecular weight excluding hydrogens is 285 g/mol. The molecule has 4 nitrogen and oxygen atoms in total. The van der Waals surface area contributed by atoms with E-state index in [1.54, 1.807) is 0 Å². The largest absolute Gasteiger partial charge is 0.488 e. The third-order valence-electron chi connectivity index (χ3n) is 3.60. The summed E-state index contributed by atoms with van der Waals surface area (Å²) in [5, 5.41) is 0. The standard InChI is InChI=1S/C14H17F3N2O2/c15-14(16,17)8-5-6-11(9(7-8)13(19)20)21-12-4-2-1-3-10(12)18/h5-7,10,12H,1-4,18H2,(H2,19,20). The van der Waals surface area contributed by atoms with Gasteiger partial charge < -0.3 is 16.2 Å². The number of ether oxygens (including phenoxy) is 1. The molecule has 0 bridgehead atoms. The van der Waals surface area contributed by atoms with E-state index in [4.69, 9.17) is 16.2 Å². The number of benzene rings is 1. The molecule has 4 N–H and O–H groups in total. The Morgan fingerprint density at radius 3 is 2.48 bits per heavy atom. The Morgan fingerprint density at radius 1 is 1.24 bits per heavy atom. The Balaban J connectivity index is 2.28. The second-order valence-electron chi connectivity index (χ2n) is 5.18. The van der Waals surface area contributed by atoms with Gasteiger partial charge in [0.25, 0.3) is 5.91 Å². The molecule has 0 radical (unpaired) electrons. The summed E-state index contributed by atoms with van der Waals surface area (Å²) in [6.07, 6.45) is -1.42. The van der Waals surface area contributed by atoms with Crippen LogP contribution >= 0.6 is 0 Å². The Kier molecular flexibility index (Phi) is 4.41. The molecule has 1 aliphatic rings. The number of nitrogens with two attached hydrogens (primary N) is 2. The summed E-state index contributed by atoms with van der Waals surface area (Å²) in [5.41, 5.74) is 9.87.